The lowest BCUT2D eigenvalue weighted by Gasteiger charge is -2.48. The normalized spacial score (nSPS) is 33.4. The van der Waals surface area contributed by atoms with Gasteiger partial charge >= 0.3 is 6.09 Å². The largest absolute Gasteiger partial charge is 0.444 e. The van der Waals surface area contributed by atoms with Crippen LogP contribution in [-0.2, 0) is 4.74 Å². The van der Waals surface area contributed by atoms with E-state index in [1.54, 1.807) is 0 Å². The number of carbonyl (C=O) groups is 1. The van der Waals surface area contributed by atoms with Gasteiger partial charge in [-0.25, -0.2) is 4.79 Å². The van der Waals surface area contributed by atoms with Gasteiger partial charge in [0.2, 0.25) is 0 Å². The van der Waals surface area contributed by atoms with Crippen LogP contribution in [0.2, 0.25) is 0 Å². The molecule has 2 fully saturated rings. The molecule has 4 nitrogen and oxygen atoms in total. The molecule has 0 aliphatic carbocycles. The van der Waals surface area contributed by atoms with Crippen molar-refractivity contribution in [3.8, 4) is 0 Å². The quantitative estimate of drug-likeness (QED) is 0.664. The highest BCUT2D eigenvalue weighted by Gasteiger charge is 2.41. The highest BCUT2D eigenvalue weighted by Crippen LogP contribution is 2.33. The monoisotopic (exact) mass is 254 g/mol. The van der Waals surface area contributed by atoms with E-state index in [1.165, 1.54) is 6.42 Å². The predicted octanol–water partition coefficient (Wildman–Crippen LogP) is 2.19. The zero-order chi connectivity index (χ0) is 13.5. The highest BCUT2D eigenvalue weighted by atomic mass is 16.6. The number of fused-ring (bicyclic) bond motifs is 2. The first kappa shape index (κ1) is 13.7. The minimum atomic E-state index is -0.403. The molecule has 0 saturated carbocycles. The molecule has 2 bridgehead atoms. The number of amides is 1. The third-order valence-electron chi connectivity index (χ3n) is 4.01. The number of carbonyl (C=O) groups excluding carboxylic acids is 1. The average molecular weight is 254 g/mol. The summed E-state index contributed by atoms with van der Waals surface area (Å²) in [4.78, 5) is 16.6. The molecule has 1 amide bonds. The Bertz CT molecular complexity index is 322. The molecule has 0 aromatic carbocycles. The van der Waals surface area contributed by atoms with Gasteiger partial charge in [-0.2, -0.15) is 0 Å². The van der Waals surface area contributed by atoms with Crippen molar-refractivity contribution >= 4 is 6.09 Å². The molecule has 2 heterocycles. The highest BCUT2D eigenvalue weighted by molar-refractivity contribution is 5.68. The molecule has 104 valence electrons. The fourth-order valence-electron chi connectivity index (χ4n) is 3.23. The van der Waals surface area contributed by atoms with Crippen LogP contribution in [0, 0.1) is 11.8 Å². The Hall–Kier alpha value is -0.770. The van der Waals surface area contributed by atoms with E-state index in [4.69, 9.17) is 4.74 Å². The Labute approximate surface area is 110 Å². The molecular formula is C14H26N2O2. The van der Waals surface area contributed by atoms with Crippen molar-refractivity contribution in [1.82, 2.24) is 9.80 Å². The first-order chi connectivity index (χ1) is 8.26. The van der Waals surface area contributed by atoms with Crippen LogP contribution in [0.25, 0.3) is 0 Å². The summed E-state index contributed by atoms with van der Waals surface area (Å²) in [5.74, 6) is 1.20. The second-order valence-corrected chi connectivity index (χ2v) is 6.96. The third-order valence-corrected chi connectivity index (χ3v) is 4.01. The number of rotatable bonds is 0. The van der Waals surface area contributed by atoms with Crippen LogP contribution in [-0.4, -0.2) is 54.2 Å². The van der Waals surface area contributed by atoms with E-state index in [1.807, 2.05) is 25.7 Å². The van der Waals surface area contributed by atoms with Gasteiger partial charge in [0.15, 0.2) is 0 Å². The van der Waals surface area contributed by atoms with Gasteiger partial charge in [0.05, 0.1) is 0 Å². The maximum atomic E-state index is 12.2. The van der Waals surface area contributed by atoms with Crippen LogP contribution < -0.4 is 0 Å². The first-order valence-electron chi connectivity index (χ1n) is 6.94. The van der Waals surface area contributed by atoms with Gasteiger partial charge in [0.1, 0.15) is 5.60 Å². The van der Waals surface area contributed by atoms with Gasteiger partial charge in [0.25, 0.3) is 0 Å². The molecular weight excluding hydrogens is 228 g/mol. The number of likely N-dealkylation sites (tertiary alicyclic amines) is 2. The Morgan fingerprint density at radius 2 is 1.89 bits per heavy atom. The van der Waals surface area contributed by atoms with Crippen LogP contribution in [0.15, 0.2) is 0 Å². The molecule has 0 N–H and O–H groups in total. The summed E-state index contributed by atoms with van der Waals surface area (Å²) in [7, 11) is 2.18. The minimum Gasteiger partial charge on any atom is -0.444 e. The summed E-state index contributed by atoms with van der Waals surface area (Å²) < 4.78 is 5.51. The molecule has 2 aliphatic rings. The Morgan fingerprint density at radius 3 is 2.50 bits per heavy atom. The maximum absolute atomic E-state index is 12.2. The molecule has 3 atom stereocenters. The molecule has 0 unspecified atom stereocenters. The average Bonchev–Trinajstić information content (AvgIpc) is 2.20. The summed E-state index contributed by atoms with van der Waals surface area (Å²) >= 11 is 0. The molecule has 0 spiro atoms. The molecule has 2 aliphatic heterocycles. The van der Waals surface area contributed by atoms with Gasteiger partial charge in [-0.15, -0.1) is 0 Å². The van der Waals surface area contributed by atoms with E-state index in [2.05, 4.69) is 18.9 Å². The number of hydrogen-bond donors (Lipinski definition) is 0. The molecule has 0 radical (unpaired) electrons. The lowest BCUT2D eigenvalue weighted by Crippen LogP contribution is -2.58. The number of ether oxygens (including phenoxy) is 1. The Kier molecular flexibility index (Phi) is 3.58. The number of hydrogen-bond acceptors (Lipinski definition) is 3. The fourth-order valence-corrected chi connectivity index (χ4v) is 3.23. The van der Waals surface area contributed by atoms with Crippen molar-refractivity contribution in [2.24, 2.45) is 11.8 Å². The van der Waals surface area contributed by atoms with E-state index in [0.29, 0.717) is 17.9 Å². The summed E-state index contributed by atoms with van der Waals surface area (Å²) in [6, 6.07) is 0.291. The van der Waals surface area contributed by atoms with Crippen LogP contribution >= 0.6 is 0 Å². The Morgan fingerprint density at radius 1 is 1.22 bits per heavy atom. The van der Waals surface area contributed by atoms with Crippen LogP contribution in [0.3, 0.4) is 0 Å². The zero-order valence-corrected chi connectivity index (χ0v) is 12.3. The predicted molar refractivity (Wildman–Crippen MR) is 71.5 cm³/mol. The van der Waals surface area contributed by atoms with Crippen LogP contribution in [0.5, 0.6) is 0 Å². The SMILES string of the molecule is C[C@@H]1[C@H]2C[C@H](CN(C)C2)CN1C(=O)OC(C)(C)C. The molecule has 0 aromatic rings. The topological polar surface area (TPSA) is 32.8 Å². The summed E-state index contributed by atoms with van der Waals surface area (Å²) in [6.45, 7) is 11.0. The number of piperidine rings is 2. The van der Waals surface area contributed by atoms with E-state index >= 15 is 0 Å². The molecule has 4 heteroatoms. The second kappa shape index (κ2) is 4.72. The van der Waals surface area contributed by atoms with Crippen molar-refractivity contribution in [2.75, 3.05) is 26.7 Å². The van der Waals surface area contributed by atoms with Crippen molar-refractivity contribution in [3.63, 3.8) is 0 Å². The lowest BCUT2D eigenvalue weighted by atomic mass is 9.80. The van der Waals surface area contributed by atoms with Gasteiger partial charge in [-0.3, -0.25) is 0 Å². The number of nitrogens with zero attached hydrogens (tertiary/aromatic N) is 2. The van der Waals surface area contributed by atoms with Crippen molar-refractivity contribution in [2.45, 2.75) is 45.8 Å². The molecule has 0 aromatic heterocycles. The smallest absolute Gasteiger partial charge is 0.410 e. The third kappa shape index (κ3) is 2.97. The molecule has 2 rings (SSSR count). The standard InChI is InChI=1S/C14H26N2O2/c1-10-12-6-11(7-15(5)9-12)8-16(10)13(17)18-14(2,3)4/h10-12H,6-9H2,1-5H3/t10-,11-,12+/m1/s1. The summed E-state index contributed by atoms with van der Waals surface area (Å²) in [5.41, 5.74) is -0.403. The van der Waals surface area contributed by atoms with E-state index < -0.39 is 5.60 Å². The zero-order valence-electron chi connectivity index (χ0n) is 12.3. The van der Waals surface area contributed by atoms with Crippen molar-refractivity contribution < 1.29 is 9.53 Å². The summed E-state index contributed by atoms with van der Waals surface area (Å²) in [6.07, 6.45) is 1.11. The van der Waals surface area contributed by atoms with Crippen molar-refractivity contribution in [3.05, 3.63) is 0 Å². The van der Waals surface area contributed by atoms with Crippen molar-refractivity contribution in [1.29, 1.82) is 0 Å². The van der Waals surface area contributed by atoms with Gasteiger partial charge in [0, 0.05) is 25.7 Å². The second-order valence-electron chi connectivity index (χ2n) is 6.96. The summed E-state index contributed by atoms with van der Waals surface area (Å²) in [5, 5.41) is 0. The molecule has 2 saturated heterocycles. The fraction of sp³-hybridized carbons (Fsp3) is 0.929. The Balaban J connectivity index is 2.04. The molecule has 18 heavy (non-hydrogen) atoms. The van der Waals surface area contributed by atoms with E-state index in [-0.39, 0.29) is 6.09 Å². The lowest BCUT2D eigenvalue weighted by molar-refractivity contribution is -0.0278. The van der Waals surface area contributed by atoms with Gasteiger partial charge in [-0.05, 0) is 53.0 Å². The first-order valence-corrected chi connectivity index (χ1v) is 6.94. The van der Waals surface area contributed by atoms with Crippen LogP contribution in [0.1, 0.15) is 34.1 Å². The van der Waals surface area contributed by atoms with Gasteiger partial charge < -0.3 is 14.5 Å². The van der Waals surface area contributed by atoms with E-state index in [9.17, 15) is 4.79 Å². The van der Waals surface area contributed by atoms with E-state index in [0.717, 1.165) is 19.6 Å². The maximum Gasteiger partial charge on any atom is 0.410 e. The minimum absolute atomic E-state index is 0.144. The van der Waals surface area contributed by atoms with Crippen LogP contribution in [0.4, 0.5) is 4.79 Å². The van der Waals surface area contributed by atoms with Gasteiger partial charge in [-0.1, -0.05) is 0 Å².